The first-order chi connectivity index (χ1) is 15.9. The minimum absolute atomic E-state index is 0.0442. The Balaban J connectivity index is 1.80. The van der Waals surface area contributed by atoms with Crippen molar-refractivity contribution in [3.05, 3.63) is 58.9 Å². The number of hydrogen-bond acceptors (Lipinski definition) is 2. The number of aromatic nitrogens is 1. The van der Waals surface area contributed by atoms with Gasteiger partial charge in [0.15, 0.2) is 0 Å². The Kier molecular flexibility index (Phi) is 9.42. The average Bonchev–Trinajstić information content (AvgIpc) is 3.24. The Hall–Kier alpha value is -2.27. The highest BCUT2D eigenvalue weighted by Gasteiger charge is 2.28. The van der Waals surface area contributed by atoms with Gasteiger partial charge in [-0.2, -0.15) is 0 Å². The zero-order valence-corrected chi connectivity index (χ0v) is 21.1. The van der Waals surface area contributed by atoms with Crippen molar-refractivity contribution in [2.24, 2.45) is 5.92 Å². The van der Waals surface area contributed by atoms with Crippen LogP contribution in [0.25, 0.3) is 0 Å². The average molecular weight is 472 g/mol. The van der Waals surface area contributed by atoms with Crippen LogP contribution in [0.3, 0.4) is 0 Å². The molecule has 0 unspecified atom stereocenters. The van der Waals surface area contributed by atoms with Gasteiger partial charge in [-0.15, -0.1) is 0 Å². The van der Waals surface area contributed by atoms with E-state index < -0.39 is 0 Å². The van der Waals surface area contributed by atoms with E-state index in [1.54, 1.807) is 4.90 Å². The van der Waals surface area contributed by atoms with Crippen LogP contribution in [-0.2, 0) is 22.7 Å². The van der Waals surface area contributed by atoms with E-state index in [9.17, 15) is 9.59 Å². The number of nitrogens with zero attached hydrogens (tertiary/aromatic N) is 3. The molecule has 1 aliphatic rings. The van der Waals surface area contributed by atoms with Gasteiger partial charge in [0.1, 0.15) is 0 Å². The largest absolute Gasteiger partial charge is 0.345 e. The summed E-state index contributed by atoms with van der Waals surface area (Å²) in [6.45, 7) is 8.02. The lowest BCUT2D eigenvalue weighted by atomic mass is 9.94. The second kappa shape index (κ2) is 12.3. The van der Waals surface area contributed by atoms with Crippen LogP contribution in [0.1, 0.15) is 70.6 Å². The van der Waals surface area contributed by atoms with Crippen LogP contribution in [0, 0.1) is 5.92 Å². The van der Waals surface area contributed by atoms with Crippen LogP contribution < -0.4 is 0 Å². The molecular formula is C27H38ClN3O2. The number of rotatable bonds is 10. The maximum Gasteiger partial charge on any atom is 0.242 e. The molecular weight excluding hydrogens is 434 g/mol. The summed E-state index contributed by atoms with van der Waals surface area (Å²) in [6.07, 6.45) is 8.07. The summed E-state index contributed by atoms with van der Waals surface area (Å²) in [4.78, 5) is 29.9. The lowest BCUT2D eigenvalue weighted by Gasteiger charge is -2.36. The van der Waals surface area contributed by atoms with Crippen molar-refractivity contribution in [2.75, 3.05) is 13.1 Å². The van der Waals surface area contributed by atoms with Gasteiger partial charge in [0, 0.05) is 42.5 Å². The lowest BCUT2D eigenvalue weighted by Crippen LogP contribution is -2.48. The van der Waals surface area contributed by atoms with Gasteiger partial charge in [-0.3, -0.25) is 9.59 Å². The molecule has 1 fully saturated rings. The Labute approximate surface area is 203 Å². The molecule has 6 heteroatoms. The third-order valence-corrected chi connectivity index (χ3v) is 6.83. The maximum absolute atomic E-state index is 13.6. The van der Waals surface area contributed by atoms with Crippen LogP contribution in [0.4, 0.5) is 0 Å². The van der Waals surface area contributed by atoms with Crippen molar-refractivity contribution >= 4 is 23.4 Å². The minimum Gasteiger partial charge on any atom is -0.345 e. The Morgan fingerprint density at radius 2 is 1.79 bits per heavy atom. The molecule has 0 aliphatic heterocycles. The monoisotopic (exact) mass is 471 g/mol. The first-order valence-electron chi connectivity index (χ1n) is 12.3. The van der Waals surface area contributed by atoms with Gasteiger partial charge in [-0.1, -0.05) is 69.8 Å². The number of hydrogen-bond donors (Lipinski definition) is 0. The highest BCUT2D eigenvalue weighted by molar-refractivity contribution is 6.31. The fourth-order valence-electron chi connectivity index (χ4n) is 4.72. The molecule has 33 heavy (non-hydrogen) atoms. The van der Waals surface area contributed by atoms with E-state index in [4.69, 9.17) is 11.6 Å². The quantitative estimate of drug-likeness (QED) is 0.443. The molecule has 1 aliphatic carbocycles. The van der Waals surface area contributed by atoms with Crippen molar-refractivity contribution in [3.63, 3.8) is 0 Å². The molecule has 3 rings (SSSR count). The molecule has 0 N–H and O–H groups in total. The van der Waals surface area contributed by atoms with Gasteiger partial charge < -0.3 is 14.4 Å². The third-order valence-electron chi connectivity index (χ3n) is 6.46. The maximum atomic E-state index is 13.6. The van der Waals surface area contributed by atoms with E-state index in [-0.39, 0.29) is 24.4 Å². The number of benzene rings is 1. The molecule has 0 saturated heterocycles. The molecule has 1 saturated carbocycles. The Morgan fingerprint density at radius 1 is 1.06 bits per heavy atom. The molecule has 180 valence electrons. The van der Waals surface area contributed by atoms with E-state index in [2.05, 4.69) is 24.5 Å². The predicted molar refractivity (Wildman–Crippen MR) is 134 cm³/mol. The molecule has 2 aromatic rings. The topological polar surface area (TPSA) is 45.6 Å². The first-order valence-corrected chi connectivity index (χ1v) is 12.7. The molecule has 0 atom stereocenters. The fraction of sp³-hybridized carbons (Fsp3) is 0.556. The normalized spacial score (nSPS) is 14.5. The summed E-state index contributed by atoms with van der Waals surface area (Å²) in [5.41, 5.74) is 2.15. The van der Waals surface area contributed by atoms with Gasteiger partial charge in [0.05, 0.1) is 13.1 Å². The standard InChI is InChI=1S/C27H38ClN3O2/c1-4-26(32)30(17-21(2)3)20-27(33)31(23-12-6-5-7-13-23)19-24-14-10-16-29(24)18-22-11-8-9-15-25(22)28/h8-11,14-16,21,23H,4-7,12-13,17-20H2,1-3H3. The number of carbonyl (C=O) groups is 2. The molecule has 1 heterocycles. The van der Waals surface area contributed by atoms with Crippen molar-refractivity contribution in [1.82, 2.24) is 14.4 Å². The molecule has 5 nitrogen and oxygen atoms in total. The summed E-state index contributed by atoms with van der Waals surface area (Å²) in [6, 6.07) is 12.2. The summed E-state index contributed by atoms with van der Waals surface area (Å²) < 4.78 is 2.17. The predicted octanol–water partition coefficient (Wildman–Crippen LogP) is 5.75. The van der Waals surface area contributed by atoms with Crippen molar-refractivity contribution in [3.8, 4) is 0 Å². The molecule has 2 amide bonds. The zero-order chi connectivity index (χ0) is 23.8. The van der Waals surface area contributed by atoms with Gasteiger partial charge in [-0.25, -0.2) is 0 Å². The van der Waals surface area contributed by atoms with E-state index in [1.807, 2.05) is 48.4 Å². The number of carbonyl (C=O) groups excluding carboxylic acids is 2. The molecule has 0 bridgehead atoms. The molecule has 0 radical (unpaired) electrons. The van der Waals surface area contributed by atoms with E-state index in [0.29, 0.717) is 32.0 Å². The van der Waals surface area contributed by atoms with Gasteiger partial charge in [0.25, 0.3) is 0 Å². The summed E-state index contributed by atoms with van der Waals surface area (Å²) in [5.74, 6) is 0.418. The number of amides is 2. The van der Waals surface area contributed by atoms with Crippen LogP contribution in [-0.4, -0.2) is 45.3 Å². The van der Waals surface area contributed by atoms with Crippen molar-refractivity contribution in [1.29, 1.82) is 0 Å². The number of halogens is 1. The van der Waals surface area contributed by atoms with Crippen molar-refractivity contribution in [2.45, 2.75) is 78.4 Å². The smallest absolute Gasteiger partial charge is 0.242 e. The highest BCUT2D eigenvalue weighted by atomic mass is 35.5. The Bertz CT molecular complexity index is 918. The van der Waals surface area contributed by atoms with E-state index in [0.717, 1.165) is 42.0 Å². The van der Waals surface area contributed by atoms with Crippen LogP contribution in [0.5, 0.6) is 0 Å². The molecule has 0 spiro atoms. The summed E-state index contributed by atoms with van der Waals surface area (Å²) in [5, 5.41) is 0.750. The van der Waals surface area contributed by atoms with Crippen LogP contribution in [0.15, 0.2) is 42.6 Å². The summed E-state index contributed by atoms with van der Waals surface area (Å²) in [7, 11) is 0. The van der Waals surface area contributed by atoms with Gasteiger partial charge in [-0.05, 0) is 42.5 Å². The van der Waals surface area contributed by atoms with Gasteiger partial charge >= 0.3 is 0 Å². The second-order valence-corrected chi connectivity index (χ2v) is 9.96. The van der Waals surface area contributed by atoms with Crippen LogP contribution in [0.2, 0.25) is 5.02 Å². The highest BCUT2D eigenvalue weighted by Crippen LogP contribution is 2.25. The van der Waals surface area contributed by atoms with E-state index >= 15 is 0 Å². The Morgan fingerprint density at radius 3 is 2.45 bits per heavy atom. The SMILES string of the molecule is CCC(=O)N(CC(=O)N(Cc1cccn1Cc1ccccc1Cl)C1CCCCC1)CC(C)C. The zero-order valence-electron chi connectivity index (χ0n) is 20.3. The third kappa shape index (κ3) is 7.10. The second-order valence-electron chi connectivity index (χ2n) is 9.55. The molecule has 1 aromatic heterocycles. The lowest BCUT2D eigenvalue weighted by molar-refractivity contribution is -0.143. The van der Waals surface area contributed by atoms with E-state index in [1.165, 1.54) is 6.42 Å². The molecule has 1 aromatic carbocycles. The fourth-order valence-corrected chi connectivity index (χ4v) is 4.91. The van der Waals surface area contributed by atoms with Crippen LogP contribution >= 0.6 is 11.6 Å². The minimum atomic E-state index is 0.0442. The van der Waals surface area contributed by atoms with Crippen molar-refractivity contribution < 1.29 is 9.59 Å². The summed E-state index contributed by atoms with van der Waals surface area (Å²) >= 11 is 6.40. The first kappa shape index (κ1) is 25.4. The van der Waals surface area contributed by atoms with Gasteiger partial charge in [0.2, 0.25) is 11.8 Å².